The number of H-pyrrole nitrogens is 1. The third kappa shape index (κ3) is 3.74. The number of nitrogens with zero attached hydrogens (tertiary/aromatic N) is 3. The van der Waals surface area contributed by atoms with Gasteiger partial charge in [0.05, 0.1) is 28.6 Å². The Morgan fingerprint density at radius 2 is 2.07 bits per heavy atom. The van der Waals surface area contributed by atoms with Gasteiger partial charge in [-0.25, -0.2) is 9.37 Å². The van der Waals surface area contributed by atoms with E-state index >= 15 is 0 Å². The van der Waals surface area contributed by atoms with Gasteiger partial charge in [-0.1, -0.05) is 11.6 Å². The van der Waals surface area contributed by atoms with Gasteiger partial charge in [-0.15, -0.1) is 0 Å². The van der Waals surface area contributed by atoms with E-state index in [2.05, 4.69) is 25.8 Å². The first-order valence-corrected chi connectivity index (χ1v) is 10.3. The Kier molecular flexibility index (Phi) is 5.06. The molecule has 0 spiro atoms. The largest absolute Gasteiger partial charge is 0.383 e. The predicted molar refractivity (Wildman–Crippen MR) is 117 cm³/mol. The van der Waals surface area contributed by atoms with Crippen LogP contribution in [0.2, 0.25) is 5.02 Å². The van der Waals surface area contributed by atoms with Gasteiger partial charge in [-0.2, -0.15) is 5.10 Å². The van der Waals surface area contributed by atoms with Crippen molar-refractivity contribution >= 4 is 28.3 Å². The Balaban J connectivity index is 1.48. The van der Waals surface area contributed by atoms with Crippen LogP contribution in [0.5, 0.6) is 0 Å². The lowest BCUT2D eigenvalue weighted by Crippen LogP contribution is -2.17. The maximum Gasteiger partial charge on any atom is 0.132 e. The SMILES string of the molecule is Fc1ccc(Cl)cc1-c1n[nH]cc1-c1ccc2ncc(NCC3CCNC3)cc2n1. The summed E-state index contributed by atoms with van der Waals surface area (Å²) >= 11 is 6.06. The highest BCUT2D eigenvalue weighted by molar-refractivity contribution is 6.30. The summed E-state index contributed by atoms with van der Waals surface area (Å²) in [6.07, 6.45) is 4.73. The van der Waals surface area contributed by atoms with Crippen molar-refractivity contribution in [3.8, 4) is 22.5 Å². The minimum absolute atomic E-state index is 0.333. The minimum atomic E-state index is -0.386. The van der Waals surface area contributed by atoms with Crippen LogP contribution in [0.3, 0.4) is 0 Å². The number of halogens is 2. The second kappa shape index (κ2) is 8.01. The highest BCUT2D eigenvalue weighted by atomic mass is 35.5. The van der Waals surface area contributed by atoms with Gasteiger partial charge in [0, 0.05) is 28.9 Å². The zero-order valence-corrected chi connectivity index (χ0v) is 16.9. The highest BCUT2D eigenvalue weighted by Gasteiger charge is 2.17. The van der Waals surface area contributed by atoms with Crippen molar-refractivity contribution in [2.24, 2.45) is 5.92 Å². The maximum atomic E-state index is 14.4. The molecule has 0 radical (unpaired) electrons. The molecule has 8 heteroatoms. The summed E-state index contributed by atoms with van der Waals surface area (Å²) in [6.45, 7) is 3.02. The van der Waals surface area contributed by atoms with Crippen molar-refractivity contribution in [1.29, 1.82) is 0 Å². The Morgan fingerprint density at radius 1 is 1.13 bits per heavy atom. The lowest BCUT2D eigenvalue weighted by atomic mass is 10.0. The lowest BCUT2D eigenvalue weighted by molar-refractivity contribution is 0.615. The molecule has 1 atom stereocenters. The number of aromatic nitrogens is 4. The van der Waals surface area contributed by atoms with Crippen LogP contribution >= 0.6 is 11.6 Å². The number of hydrogen-bond acceptors (Lipinski definition) is 5. The van der Waals surface area contributed by atoms with E-state index in [1.165, 1.54) is 18.6 Å². The molecule has 30 heavy (non-hydrogen) atoms. The molecule has 3 aromatic heterocycles. The van der Waals surface area contributed by atoms with E-state index in [0.29, 0.717) is 33.5 Å². The predicted octanol–water partition coefficient (Wildman–Crippen LogP) is 4.50. The van der Waals surface area contributed by atoms with Crippen molar-refractivity contribution in [1.82, 2.24) is 25.5 Å². The third-order valence-electron chi connectivity index (χ3n) is 5.39. The van der Waals surface area contributed by atoms with Crippen molar-refractivity contribution in [3.63, 3.8) is 0 Å². The Bertz CT molecular complexity index is 1200. The monoisotopic (exact) mass is 422 g/mol. The molecule has 4 aromatic rings. The van der Waals surface area contributed by atoms with Gasteiger partial charge in [-0.3, -0.25) is 10.1 Å². The van der Waals surface area contributed by atoms with E-state index < -0.39 is 0 Å². The van der Waals surface area contributed by atoms with E-state index in [0.717, 1.165) is 36.4 Å². The van der Waals surface area contributed by atoms with E-state index in [1.807, 2.05) is 24.4 Å². The van der Waals surface area contributed by atoms with Crippen LogP contribution in [0, 0.1) is 11.7 Å². The van der Waals surface area contributed by atoms with Gasteiger partial charge in [0.1, 0.15) is 11.5 Å². The van der Waals surface area contributed by atoms with E-state index in [9.17, 15) is 4.39 Å². The van der Waals surface area contributed by atoms with Gasteiger partial charge >= 0.3 is 0 Å². The first kappa shape index (κ1) is 19.0. The Labute approximate surface area is 177 Å². The van der Waals surface area contributed by atoms with Crippen LogP contribution < -0.4 is 10.6 Å². The van der Waals surface area contributed by atoms with Crippen LogP contribution in [0.4, 0.5) is 10.1 Å². The zero-order chi connectivity index (χ0) is 20.5. The molecule has 0 aliphatic carbocycles. The summed E-state index contributed by atoms with van der Waals surface area (Å²) in [7, 11) is 0. The van der Waals surface area contributed by atoms with Gasteiger partial charge in [0.2, 0.25) is 0 Å². The fourth-order valence-electron chi connectivity index (χ4n) is 3.77. The molecule has 0 amide bonds. The molecule has 1 saturated heterocycles. The molecule has 0 saturated carbocycles. The summed E-state index contributed by atoms with van der Waals surface area (Å²) in [5.74, 6) is 0.240. The standard InChI is InChI=1S/C22H20ClFN6/c23-14-1-2-18(24)16(7-14)22-17(12-28-30-22)19-3-4-20-21(29-19)8-15(11-27-20)26-10-13-5-6-25-9-13/h1-4,7-8,11-13,25-26H,5-6,9-10H2,(H,28,30). The normalized spacial score (nSPS) is 16.3. The van der Waals surface area contributed by atoms with Crippen LogP contribution in [0.15, 0.2) is 48.8 Å². The number of rotatable bonds is 5. The smallest absolute Gasteiger partial charge is 0.132 e. The number of hydrogen-bond donors (Lipinski definition) is 3. The number of pyridine rings is 2. The van der Waals surface area contributed by atoms with Gasteiger partial charge in [0.25, 0.3) is 0 Å². The van der Waals surface area contributed by atoms with Crippen molar-refractivity contribution < 1.29 is 4.39 Å². The summed E-state index contributed by atoms with van der Waals surface area (Å²) in [4.78, 5) is 9.28. The molecule has 4 heterocycles. The molecule has 1 unspecified atom stereocenters. The van der Waals surface area contributed by atoms with E-state index in [-0.39, 0.29) is 5.82 Å². The van der Waals surface area contributed by atoms with Crippen LogP contribution in [-0.2, 0) is 0 Å². The molecule has 1 aliphatic heterocycles. The second-order valence-electron chi connectivity index (χ2n) is 7.47. The summed E-state index contributed by atoms with van der Waals surface area (Å²) in [6, 6.07) is 10.2. The van der Waals surface area contributed by atoms with E-state index in [1.54, 1.807) is 12.3 Å². The molecule has 5 rings (SSSR count). The third-order valence-corrected chi connectivity index (χ3v) is 5.63. The van der Waals surface area contributed by atoms with Crippen LogP contribution in [-0.4, -0.2) is 39.8 Å². The maximum absolute atomic E-state index is 14.4. The number of anilines is 1. The van der Waals surface area contributed by atoms with Gasteiger partial charge in [-0.05, 0) is 61.8 Å². The molecule has 1 aromatic carbocycles. The molecule has 1 aliphatic rings. The molecular weight excluding hydrogens is 403 g/mol. The average Bonchev–Trinajstić information content (AvgIpc) is 3.45. The summed E-state index contributed by atoms with van der Waals surface area (Å²) < 4.78 is 14.4. The minimum Gasteiger partial charge on any atom is -0.383 e. The molecule has 1 fully saturated rings. The average molecular weight is 423 g/mol. The molecule has 3 N–H and O–H groups in total. The topological polar surface area (TPSA) is 78.5 Å². The molecule has 152 valence electrons. The van der Waals surface area contributed by atoms with Crippen molar-refractivity contribution in [2.75, 3.05) is 25.0 Å². The fraction of sp³-hybridized carbons (Fsp3) is 0.227. The van der Waals surface area contributed by atoms with Crippen LogP contribution in [0.25, 0.3) is 33.5 Å². The second-order valence-corrected chi connectivity index (χ2v) is 7.91. The number of benzene rings is 1. The zero-order valence-electron chi connectivity index (χ0n) is 16.1. The quantitative estimate of drug-likeness (QED) is 0.441. The molecule has 0 bridgehead atoms. The Hall–Kier alpha value is -3.03. The summed E-state index contributed by atoms with van der Waals surface area (Å²) in [5.41, 5.74) is 4.69. The van der Waals surface area contributed by atoms with Gasteiger partial charge in [0.15, 0.2) is 0 Å². The van der Waals surface area contributed by atoms with Crippen LogP contribution in [0.1, 0.15) is 6.42 Å². The molecular formula is C22H20ClFN6. The lowest BCUT2D eigenvalue weighted by Gasteiger charge is -2.11. The summed E-state index contributed by atoms with van der Waals surface area (Å²) in [5, 5.41) is 14.3. The van der Waals surface area contributed by atoms with Crippen molar-refractivity contribution in [3.05, 3.63) is 59.6 Å². The number of fused-ring (bicyclic) bond motifs is 1. The first-order chi connectivity index (χ1) is 14.7. The van der Waals surface area contributed by atoms with Crippen molar-refractivity contribution in [2.45, 2.75) is 6.42 Å². The van der Waals surface area contributed by atoms with Gasteiger partial charge < -0.3 is 10.6 Å². The highest BCUT2D eigenvalue weighted by Crippen LogP contribution is 2.33. The first-order valence-electron chi connectivity index (χ1n) is 9.88. The fourth-order valence-corrected chi connectivity index (χ4v) is 3.95. The Morgan fingerprint density at radius 3 is 2.93 bits per heavy atom. The van der Waals surface area contributed by atoms with E-state index in [4.69, 9.17) is 16.6 Å². The molecule has 6 nitrogen and oxygen atoms in total. The number of aromatic amines is 1. The number of nitrogens with one attached hydrogen (secondary N) is 3.